The molecule has 3 fully saturated rings. The third-order valence-electron chi connectivity index (χ3n) is 6.28. The number of benzene rings is 2. The van der Waals surface area contributed by atoms with E-state index in [4.69, 9.17) is 4.74 Å². The van der Waals surface area contributed by atoms with Gasteiger partial charge in [0.15, 0.2) is 5.72 Å². The molecule has 2 amide bonds. The molecule has 1 spiro atoms. The summed E-state index contributed by atoms with van der Waals surface area (Å²) < 4.78 is 20.4. The van der Waals surface area contributed by atoms with Gasteiger partial charge < -0.3 is 14.5 Å². The summed E-state index contributed by atoms with van der Waals surface area (Å²) in [7, 11) is 0. The van der Waals surface area contributed by atoms with Gasteiger partial charge in [0.25, 0.3) is 5.91 Å². The summed E-state index contributed by atoms with van der Waals surface area (Å²) in [5, 5.41) is 0. The largest absolute Gasteiger partial charge is 0.343 e. The first-order valence-electron chi connectivity index (χ1n) is 9.60. The van der Waals surface area contributed by atoms with Crippen molar-refractivity contribution in [1.82, 2.24) is 9.80 Å². The quantitative estimate of drug-likeness (QED) is 0.805. The third kappa shape index (κ3) is 2.41. The lowest BCUT2D eigenvalue weighted by atomic mass is 10.1. The summed E-state index contributed by atoms with van der Waals surface area (Å²) in [5.74, 6) is -0.636. The number of nitrogens with zero attached hydrogens (tertiary/aromatic N) is 2. The van der Waals surface area contributed by atoms with Gasteiger partial charge in [0.2, 0.25) is 5.91 Å². The highest BCUT2D eigenvalue weighted by atomic mass is 19.1. The summed E-state index contributed by atoms with van der Waals surface area (Å²) in [6, 6.07) is 14.0. The zero-order valence-corrected chi connectivity index (χ0v) is 15.6. The number of likely N-dealkylation sites (tertiary alicyclic amines) is 1. The van der Waals surface area contributed by atoms with E-state index in [1.165, 1.54) is 6.07 Å². The average Bonchev–Trinajstić information content (AvgIpc) is 3.33. The molecule has 0 radical (unpaired) electrons. The summed E-state index contributed by atoms with van der Waals surface area (Å²) in [5.41, 5.74) is 1.07. The van der Waals surface area contributed by atoms with E-state index in [1.54, 1.807) is 28.9 Å². The van der Waals surface area contributed by atoms with Crippen LogP contribution in [0.4, 0.5) is 4.39 Å². The first kappa shape index (κ1) is 17.4. The highest BCUT2D eigenvalue weighted by Gasteiger charge is 2.65. The first-order chi connectivity index (χ1) is 13.5. The number of hydrogen-bond acceptors (Lipinski definition) is 3. The Morgan fingerprint density at radius 2 is 2.00 bits per heavy atom. The van der Waals surface area contributed by atoms with Crippen LogP contribution in [0.15, 0.2) is 48.5 Å². The minimum atomic E-state index is -0.767. The van der Waals surface area contributed by atoms with Crippen molar-refractivity contribution in [3.63, 3.8) is 0 Å². The van der Waals surface area contributed by atoms with Gasteiger partial charge in [-0.15, -0.1) is 0 Å². The molecule has 0 bridgehead atoms. The standard InChI is InChI=1S/C22H21FN2O3/c1-14-7-8-16(11-17(14)23)21(27)24-10-9-22-19(24)12-20(26)25(22)13-18(28-22)15-5-3-2-4-6-15/h2-8,11,18-19H,9-10,12-13H2,1H3/t18-,19-,22+/m1/s1. The van der Waals surface area contributed by atoms with Crippen LogP contribution in [0.2, 0.25) is 0 Å². The van der Waals surface area contributed by atoms with Gasteiger partial charge in [-0.3, -0.25) is 9.59 Å². The minimum absolute atomic E-state index is 0.0102. The van der Waals surface area contributed by atoms with Crippen LogP contribution in [0, 0.1) is 12.7 Å². The predicted molar refractivity (Wildman–Crippen MR) is 99.9 cm³/mol. The molecule has 2 aromatic rings. The monoisotopic (exact) mass is 380 g/mol. The molecule has 0 saturated carbocycles. The number of hydrogen-bond donors (Lipinski definition) is 0. The summed E-state index contributed by atoms with van der Waals surface area (Å²) in [4.78, 5) is 29.3. The topological polar surface area (TPSA) is 49.9 Å². The van der Waals surface area contributed by atoms with Crippen molar-refractivity contribution in [2.45, 2.75) is 37.6 Å². The van der Waals surface area contributed by atoms with Gasteiger partial charge in [-0.25, -0.2) is 4.39 Å². The Morgan fingerprint density at radius 3 is 2.75 bits per heavy atom. The lowest BCUT2D eigenvalue weighted by Gasteiger charge is -2.32. The van der Waals surface area contributed by atoms with E-state index in [-0.39, 0.29) is 30.4 Å². The molecule has 3 aliphatic rings. The fourth-order valence-electron chi connectivity index (χ4n) is 4.80. The Kier molecular flexibility index (Phi) is 3.81. The van der Waals surface area contributed by atoms with Crippen LogP contribution in [0.3, 0.4) is 0 Å². The molecule has 3 saturated heterocycles. The molecule has 5 rings (SSSR count). The van der Waals surface area contributed by atoms with Crippen molar-refractivity contribution in [2.75, 3.05) is 13.1 Å². The molecule has 0 N–H and O–H groups in total. The number of rotatable bonds is 2. The van der Waals surface area contributed by atoms with Crippen molar-refractivity contribution >= 4 is 11.8 Å². The lowest BCUT2D eigenvalue weighted by Crippen LogP contribution is -2.48. The van der Waals surface area contributed by atoms with Crippen molar-refractivity contribution in [3.05, 3.63) is 71.0 Å². The SMILES string of the molecule is Cc1ccc(C(=O)N2CC[C@@]34O[C@@H](c5ccccc5)CN3C(=O)C[C@@H]24)cc1F. The molecule has 28 heavy (non-hydrogen) atoms. The van der Waals surface area contributed by atoms with Crippen LogP contribution in [-0.4, -0.2) is 46.5 Å². The van der Waals surface area contributed by atoms with Crippen molar-refractivity contribution < 1.29 is 18.7 Å². The van der Waals surface area contributed by atoms with E-state index < -0.39 is 11.5 Å². The number of carbonyl (C=O) groups excluding carboxylic acids is 2. The molecule has 0 aliphatic carbocycles. The normalized spacial score (nSPS) is 28.6. The predicted octanol–water partition coefficient (Wildman–Crippen LogP) is 3.05. The fourth-order valence-corrected chi connectivity index (χ4v) is 4.80. The Bertz CT molecular complexity index is 964. The molecular weight excluding hydrogens is 359 g/mol. The smallest absolute Gasteiger partial charge is 0.254 e. The third-order valence-corrected chi connectivity index (χ3v) is 6.28. The van der Waals surface area contributed by atoms with E-state index in [0.29, 0.717) is 30.6 Å². The van der Waals surface area contributed by atoms with Crippen LogP contribution in [0.1, 0.15) is 40.4 Å². The molecule has 6 heteroatoms. The molecule has 0 aromatic heterocycles. The maximum Gasteiger partial charge on any atom is 0.254 e. The van der Waals surface area contributed by atoms with E-state index in [9.17, 15) is 14.0 Å². The second-order valence-electron chi connectivity index (χ2n) is 7.80. The van der Waals surface area contributed by atoms with Gasteiger partial charge in [-0.1, -0.05) is 36.4 Å². The molecule has 3 heterocycles. The highest BCUT2D eigenvalue weighted by molar-refractivity contribution is 5.96. The van der Waals surface area contributed by atoms with Gasteiger partial charge in [0, 0.05) is 18.5 Å². The molecule has 2 aromatic carbocycles. The Labute approximate surface area is 162 Å². The van der Waals surface area contributed by atoms with Crippen LogP contribution < -0.4 is 0 Å². The number of amides is 2. The number of carbonyl (C=O) groups is 2. The van der Waals surface area contributed by atoms with Crippen LogP contribution in [0.25, 0.3) is 0 Å². The second kappa shape index (κ2) is 6.14. The van der Waals surface area contributed by atoms with Crippen LogP contribution >= 0.6 is 0 Å². The molecule has 3 atom stereocenters. The van der Waals surface area contributed by atoms with Crippen molar-refractivity contribution in [1.29, 1.82) is 0 Å². The molecule has 0 unspecified atom stereocenters. The zero-order chi connectivity index (χ0) is 19.5. The van der Waals surface area contributed by atoms with E-state index >= 15 is 0 Å². The van der Waals surface area contributed by atoms with Crippen LogP contribution in [-0.2, 0) is 9.53 Å². The van der Waals surface area contributed by atoms with Gasteiger partial charge in [-0.05, 0) is 30.2 Å². The second-order valence-corrected chi connectivity index (χ2v) is 7.80. The van der Waals surface area contributed by atoms with E-state index in [0.717, 1.165) is 5.56 Å². The van der Waals surface area contributed by atoms with Crippen molar-refractivity contribution in [3.8, 4) is 0 Å². The highest BCUT2D eigenvalue weighted by Crippen LogP contribution is 2.50. The summed E-state index contributed by atoms with van der Waals surface area (Å²) in [6.07, 6.45) is 0.633. The fraction of sp³-hybridized carbons (Fsp3) is 0.364. The Hall–Kier alpha value is -2.73. The summed E-state index contributed by atoms with van der Waals surface area (Å²) in [6.45, 7) is 2.66. The van der Waals surface area contributed by atoms with Crippen molar-refractivity contribution in [2.24, 2.45) is 0 Å². The maximum atomic E-state index is 14.0. The van der Waals surface area contributed by atoms with E-state index in [2.05, 4.69) is 0 Å². The van der Waals surface area contributed by atoms with Gasteiger partial charge >= 0.3 is 0 Å². The van der Waals surface area contributed by atoms with Gasteiger partial charge in [0.1, 0.15) is 11.9 Å². The molecule has 3 aliphatic heterocycles. The van der Waals surface area contributed by atoms with E-state index in [1.807, 2.05) is 30.3 Å². The zero-order valence-electron chi connectivity index (χ0n) is 15.6. The summed E-state index contributed by atoms with van der Waals surface area (Å²) >= 11 is 0. The average molecular weight is 380 g/mol. The molecule has 144 valence electrons. The number of halogens is 1. The minimum Gasteiger partial charge on any atom is -0.343 e. The Balaban J connectivity index is 1.44. The maximum absolute atomic E-state index is 14.0. The number of aryl methyl sites for hydroxylation is 1. The first-order valence-corrected chi connectivity index (χ1v) is 9.60. The van der Waals surface area contributed by atoms with Crippen LogP contribution in [0.5, 0.6) is 0 Å². The lowest BCUT2D eigenvalue weighted by molar-refractivity contribution is -0.138. The molecular formula is C22H21FN2O3. The number of ether oxygens (including phenoxy) is 1. The molecule has 5 nitrogen and oxygen atoms in total. The Morgan fingerprint density at radius 1 is 1.21 bits per heavy atom. The van der Waals surface area contributed by atoms with Gasteiger partial charge in [-0.2, -0.15) is 0 Å². The van der Waals surface area contributed by atoms with Gasteiger partial charge in [0.05, 0.1) is 19.0 Å².